The van der Waals surface area contributed by atoms with Gasteiger partial charge >= 0.3 is 0 Å². The molecular formula is C16H23FN2O. The molecule has 110 valence electrons. The quantitative estimate of drug-likeness (QED) is 0.638. The normalized spacial score (nSPS) is 22.7. The van der Waals surface area contributed by atoms with Crippen LogP contribution in [-0.4, -0.2) is 11.9 Å². The summed E-state index contributed by atoms with van der Waals surface area (Å²) in [6.45, 7) is 2.51. The van der Waals surface area contributed by atoms with E-state index in [-0.39, 0.29) is 17.8 Å². The Bertz CT molecular complexity index is 476. The lowest BCUT2D eigenvalue weighted by atomic mass is 9.85. The van der Waals surface area contributed by atoms with Crippen molar-refractivity contribution in [3.63, 3.8) is 0 Å². The first-order valence-electron chi connectivity index (χ1n) is 7.34. The molecule has 1 aromatic rings. The molecule has 0 aliphatic heterocycles. The van der Waals surface area contributed by atoms with Gasteiger partial charge in [-0.3, -0.25) is 5.41 Å². The first kappa shape index (κ1) is 15.0. The lowest BCUT2D eigenvalue weighted by molar-refractivity contribution is 0.000662. The third kappa shape index (κ3) is 3.79. The minimum absolute atomic E-state index is 0.116. The maximum Gasteiger partial charge on any atom is 0.129 e. The van der Waals surface area contributed by atoms with Crippen LogP contribution in [0.15, 0.2) is 18.2 Å². The van der Waals surface area contributed by atoms with Crippen LogP contribution in [-0.2, 0) is 11.3 Å². The molecule has 20 heavy (non-hydrogen) atoms. The van der Waals surface area contributed by atoms with Gasteiger partial charge in [0.05, 0.1) is 12.7 Å². The molecule has 0 radical (unpaired) electrons. The Morgan fingerprint density at radius 1 is 1.45 bits per heavy atom. The molecule has 0 spiro atoms. The van der Waals surface area contributed by atoms with Crippen molar-refractivity contribution in [1.82, 2.24) is 0 Å². The van der Waals surface area contributed by atoms with Gasteiger partial charge in [0.1, 0.15) is 11.7 Å². The number of rotatable bonds is 5. The van der Waals surface area contributed by atoms with Crippen molar-refractivity contribution in [2.24, 2.45) is 11.7 Å². The van der Waals surface area contributed by atoms with Gasteiger partial charge in [0.2, 0.25) is 0 Å². The molecule has 4 heteroatoms. The molecule has 0 amide bonds. The number of nitrogens with two attached hydrogens (primary N) is 1. The van der Waals surface area contributed by atoms with Crippen LogP contribution in [0.1, 0.15) is 50.2 Å². The van der Waals surface area contributed by atoms with E-state index >= 15 is 0 Å². The van der Waals surface area contributed by atoms with Crippen molar-refractivity contribution in [2.75, 3.05) is 0 Å². The number of hydrogen-bond acceptors (Lipinski definition) is 2. The van der Waals surface area contributed by atoms with Crippen molar-refractivity contribution in [2.45, 2.75) is 51.7 Å². The summed E-state index contributed by atoms with van der Waals surface area (Å²) in [4.78, 5) is 0. The number of amidine groups is 1. The van der Waals surface area contributed by atoms with Gasteiger partial charge in [0.25, 0.3) is 0 Å². The number of halogens is 1. The van der Waals surface area contributed by atoms with Crippen molar-refractivity contribution >= 4 is 5.84 Å². The van der Waals surface area contributed by atoms with E-state index in [2.05, 4.69) is 6.92 Å². The second-order valence-corrected chi connectivity index (χ2v) is 5.59. The topological polar surface area (TPSA) is 59.1 Å². The SMILES string of the molecule is CCC1CCCC(OCc2ccc(C(=N)N)cc2F)C1. The molecule has 2 rings (SSSR count). The second kappa shape index (κ2) is 6.84. The van der Waals surface area contributed by atoms with Crippen LogP contribution in [0.5, 0.6) is 0 Å². The fraction of sp³-hybridized carbons (Fsp3) is 0.562. The van der Waals surface area contributed by atoms with Gasteiger partial charge in [-0.05, 0) is 24.8 Å². The molecule has 2 unspecified atom stereocenters. The molecule has 1 aliphatic rings. The molecule has 1 fully saturated rings. The molecular weight excluding hydrogens is 255 g/mol. The van der Waals surface area contributed by atoms with E-state index in [1.807, 2.05) is 0 Å². The van der Waals surface area contributed by atoms with E-state index < -0.39 is 0 Å². The zero-order chi connectivity index (χ0) is 14.5. The van der Waals surface area contributed by atoms with Crippen molar-refractivity contribution in [3.8, 4) is 0 Å². The molecule has 2 atom stereocenters. The van der Waals surface area contributed by atoms with E-state index in [1.54, 1.807) is 12.1 Å². The van der Waals surface area contributed by atoms with Crippen molar-refractivity contribution in [1.29, 1.82) is 5.41 Å². The maximum absolute atomic E-state index is 13.9. The fourth-order valence-electron chi connectivity index (χ4n) is 2.80. The fourth-order valence-corrected chi connectivity index (χ4v) is 2.80. The van der Waals surface area contributed by atoms with Gasteiger partial charge in [0, 0.05) is 11.1 Å². The van der Waals surface area contributed by atoms with Crippen molar-refractivity contribution in [3.05, 3.63) is 35.1 Å². The second-order valence-electron chi connectivity index (χ2n) is 5.59. The zero-order valence-corrected chi connectivity index (χ0v) is 12.0. The average molecular weight is 278 g/mol. The van der Waals surface area contributed by atoms with E-state index in [9.17, 15) is 4.39 Å². The summed E-state index contributed by atoms with van der Waals surface area (Å²) < 4.78 is 19.7. The largest absolute Gasteiger partial charge is 0.384 e. The molecule has 1 saturated carbocycles. The van der Waals surface area contributed by atoms with Crippen LogP contribution >= 0.6 is 0 Å². The number of benzene rings is 1. The minimum atomic E-state index is -0.347. The van der Waals surface area contributed by atoms with Crippen LogP contribution in [0.2, 0.25) is 0 Å². The lowest BCUT2D eigenvalue weighted by Crippen LogP contribution is -2.22. The summed E-state index contributed by atoms with van der Waals surface area (Å²) in [5, 5.41) is 7.29. The predicted octanol–water partition coefficient (Wildman–Crippen LogP) is 3.60. The van der Waals surface area contributed by atoms with E-state index in [1.165, 1.54) is 25.3 Å². The number of hydrogen-bond donors (Lipinski definition) is 2. The van der Waals surface area contributed by atoms with Gasteiger partial charge in [-0.1, -0.05) is 38.3 Å². The lowest BCUT2D eigenvalue weighted by Gasteiger charge is -2.28. The van der Waals surface area contributed by atoms with Crippen LogP contribution in [0.25, 0.3) is 0 Å². The highest BCUT2D eigenvalue weighted by molar-refractivity contribution is 5.94. The molecule has 0 aromatic heterocycles. The molecule has 3 nitrogen and oxygen atoms in total. The standard InChI is InChI=1S/C16H23FN2O/c1-2-11-4-3-5-14(8-11)20-10-13-7-6-12(16(18)19)9-15(13)17/h6-7,9,11,14H,2-5,8,10H2,1H3,(H3,18,19). The smallest absolute Gasteiger partial charge is 0.129 e. The maximum atomic E-state index is 13.9. The molecule has 0 saturated heterocycles. The Balaban J connectivity index is 1.92. The Kier molecular flexibility index (Phi) is 5.12. The van der Waals surface area contributed by atoms with Gasteiger partial charge in [-0.2, -0.15) is 0 Å². The van der Waals surface area contributed by atoms with Gasteiger partial charge < -0.3 is 10.5 Å². The van der Waals surface area contributed by atoms with Crippen LogP contribution in [0, 0.1) is 17.1 Å². The highest BCUT2D eigenvalue weighted by atomic mass is 19.1. The summed E-state index contributed by atoms with van der Waals surface area (Å²) in [6.07, 6.45) is 6.10. The third-order valence-electron chi connectivity index (χ3n) is 4.15. The molecule has 0 heterocycles. The van der Waals surface area contributed by atoms with E-state index in [0.29, 0.717) is 17.7 Å². The number of nitrogens with one attached hydrogen (secondary N) is 1. The van der Waals surface area contributed by atoms with Gasteiger partial charge in [-0.15, -0.1) is 0 Å². The predicted molar refractivity (Wildman–Crippen MR) is 78.2 cm³/mol. The molecule has 1 aliphatic carbocycles. The van der Waals surface area contributed by atoms with E-state index in [4.69, 9.17) is 15.9 Å². The molecule has 0 bridgehead atoms. The molecule has 1 aromatic carbocycles. The first-order chi connectivity index (χ1) is 9.60. The average Bonchev–Trinajstić information content (AvgIpc) is 2.46. The van der Waals surface area contributed by atoms with Crippen LogP contribution in [0.4, 0.5) is 4.39 Å². The number of nitrogen functional groups attached to an aromatic ring is 1. The summed E-state index contributed by atoms with van der Waals surface area (Å²) in [7, 11) is 0. The van der Waals surface area contributed by atoms with E-state index in [0.717, 1.165) is 18.8 Å². The Labute approximate surface area is 119 Å². The highest BCUT2D eigenvalue weighted by Crippen LogP contribution is 2.29. The highest BCUT2D eigenvalue weighted by Gasteiger charge is 2.21. The minimum Gasteiger partial charge on any atom is -0.384 e. The van der Waals surface area contributed by atoms with Crippen LogP contribution < -0.4 is 5.73 Å². The number of ether oxygens (including phenoxy) is 1. The van der Waals surface area contributed by atoms with Gasteiger partial charge in [0.15, 0.2) is 0 Å². The zero-order valence-electron chi connectivity index (χ0n) is 12.0. The monoisotopic (exact) mass is 278 g/mol. The first-order valence-corrected chi connectivity index (χ1v) is 7.34. The third-order valence-corrected chi connectivity index (χ3v) is 4.15. The van der Waals surface area contributed by atoms with Crippen molar-refractivity contribution < 1.29 is 9.13 Å². The van der Waals surface area contributed by atoms with Crippen LogP contribution in [0.3, 0.4) is 0 Å². The Morgan fingerprint density at radius 2 is 2.25 bits per heavy atom. The molecule has 3 N–H and O–H groups in total. The Hall–Kier alpha value is -1.42. The summed E-state index contributed by atoms with van der Waals surface area (Å²) in [6, 6.07) is 4.63. The Morgan fingerprint density at radius 3 is 2.90 bits per heavy atom. The summed E-state index contributed by atoms with van der Waals surface area (Å²) >= 11 is 0. The van der Waals surface area contributed by atoms with Gasteiger partial charge in [-0.25, -0.2) is 4.39 Å². The summed E-state index contributed by atoms with van der Waals surface area (Å²) in [5.74, 6) is 0.286. The summed E-state index contributed by atoms with van der Waals surface area (Å²) in [5.41, 5.74) is 6.29.